The van der Waals surface area contributed by atoms with Gasteiger partial charge in [-0.05, 0) is 49.9 Å². The van der Waals surface area contributed by atoms with Crippen molar-refractivity contribution in [1.29, 1.82) is 0 Å². The summed E-state index contributed by atoms with van der Waals surface area (Å²) in [5.74, 6) is 0.441. The SMILES string of the molecule is CC(N)CCCC(C)CN(C)c1ccc(F)cc1. The standard InChI is InChI=1S/C15H25FN2/c1-12(5-4-6-13(2)17)11-18(3)15-9-7-14(16)8-10-15/h7-10,12-13H,4-6,11,17H2,1-3H3. The average Bonchev–Trinajstić information content (AvgIpc) is 2.29. The third kappa shape index (κ3) is 5.50. The molecule has 0 aliphatic heterocycles. The van der Waals surface area contributed by atoms with Crippen molar-refractivity contribution in [2.24, 2.45) is 11.7 Å². The highest BCUT2D eigenvalue weighted by Crippen LogP contribution is 2.17. The second-order valence-corrected chi connectivity index (χ2v) is 5.37. The molecule has 0 saturated carbocycles. The molecule has 0 heterocycles. The molecule has 0 saturated heterocycles. The lowest BCUT2D eigenvalue weighted by molar-refractivity contribution is 0.480. The van der Waals surface area contributed by atoms with Crippen molar-refractivity contribution >= 4 is 5.69 Å². The summed E-state index contributed by atoms with van der Waals surface area (Å²) in [5.41, 5.74) is 6.80. The third-order valence-corrected chi connectivity index (χ3v) is 3.21. The maximum atomic E-state index is 12.8. The Kier molecular flexibility index (Phi) is 6.13. The molecule has 1 aromatic carbocycles. The lowest BCUT2D eigenvalue weighted by Crippen LogP contribution is -2.24. The summed E-state index contributed by atoms with van der Waals surface area (Å²) < 4.78 is 12.8. The predicted molar refractivity (Wildman–Crippen MR) is 76.3 cm³/mol. The molecule has 0 aliphatic rings. The molecule has 3 heteroatoms. The van der Waals surface area contributed by atoms with Gasteiger partial charge in [0.15, 0.2) is 0 Å². The van der Waals surface area contributed by atoms with Crippen molar-refractivity contribution in [2.75, 3.05) is 18.5 Å². The van der Waals surface area contributed by atoms with Crippen LogP contribution in [0.25, 0.3) is 0 Å². The number of hydrogen-bond donors (Lipinski definition) is 1. The van der Waals surface area contributed by atoms with Crippen molar-refractivity contribution in [3.8, 4) is 0 Å². The van der Waals surface area contributed by atoms with E-state index in [1.807, 2.05) is 12.1 Å². The van der Waals surface area contributed by atoms with Crippen LogP contribution in [0, 0.1) is 11.7 Å². The van der Waals surface area contributed by atoms with E-state index in [0.717, 1.165) is 18.7 Å². The van der Waals surface area contributed by atoms with Crippen molar-refractivity contribution in [3.63, 3.8) is 0 Å². The minimum atomic E-state index is -0.183. The average molecular weight is 252 g/mol. The number of hydrogen-bond acceptors (Lipinski definition) is 2. The highest BCUT2D eigenvalue weighted by molar-refractivity contribution is 5.45. The predicted octanol–water partition coefficient (Wildman–Crippen LogP) is 3.42. The quantitative estimate of drug-likeness (QED) is 0.805. The zero-order valence-electron chi connectivity index (χ0n) is 11.7. The molecule has 2 unspecified atom stereocenters. The molecule has 2 N–H and O–H groups in total. The van der Waals surface area contributed by atoms with Crippen LogP contribution in [-0.4, -0.2) is 19.6 Å². The Bertz CT molecular complexity index is 335. The molecular formula is C15H25FN2. The summed E-state index contributed by atoms with van der Waals surface area (Å²) in [6.07, 6.45) is 3.45. The maximum Gasteiger partial charge on any atom is 0.123 e. The third-order valence-electron chi connectivity index (χ3n) is 3.21. The van der Waals surface area contributed by atoms with Crippen LogP contribution < -0.4 is 10.6 Å². The summed E-state index contributed by atoms with van der Waals surface area (Å²) >= 11 is 0. The number of nitrogens with zero attached hydrogens (tertiary/aromatic N) is 1. The van der Waals surface area contributed by atoms with Crippen LogP contribution in [0.5, 0.6) is 0 Å². The van der Waals surface area contributed by atoms with Gasteiger partial charge in [0.1, 0.15) is 5.82 Å². The van der Waals surface area contributed by atoms with Crippen molar-refractivity contribution < 1.29 is 4.39 Å². The van der Waals surface area contributed by atoms with Crippen molar-refractivity contribution in [3.05, 3.63) is 30.1 Å². The summed E-state index contributed by atoms with van der Waals surface area (Å²) in [4.78, 5) is 2.18. The maximum absolute atomic E-state index is 12.8. The molecule has 2 atom stereocenters. The van der Waals surface area contributed by atoms with Gasteiger partial charge < -0.3 is 10.6 Å². The van der Waals surface area contributed by atoms with Gasteiger partial charge in [-0.15, -0.1) is 0 Å². The molecule has 1 aromatic rings. The van der Waals surface area contributed by atoms with Gasteiger partial charge in [-0.1, -0.05) is 13.3 Å². The summed E-state index contributed by atoms with van der Waals surface area (Å²) in [7, 11) is 2.05. The second kappa shape index (κ2) is 7.37. The van der Waals surface area contributed by atoms with Gasteiger partial charge in [0, 0.05) is 25.3 Å². The molecule has 0 bridgehead atoms. The Hall–Kier alpha value is -1.09. The number of halogens is 1. The van der Waals surface area contributed by atoms with E-state index in [0.29, 0.717) is 12.0 Å². The molecule has 0 amide bonds. The fourth-order valence-electron chi connectivity index (χ4n) is 2.15. The zero-order valence-corrected chi connectivity index (χ0v) is 11.7. The summed E-state index contributed by atoms with van der Waals surface area (Å²) in [6.45, 7) is 5.29. The second-order valence-electron chi connectivity index (χ2n) is 5.37. The first kappa shape index (κ1) is 15.0. The van der Waals surface area contributed by atoms with Crippen molar-refractivity contribution in [2.45, 2.75) is 39.2 Å². The molecule has 102 valence electrons. The van der Waals surface area contributed by atoms with E-state index in [1.165, 1.54) is 25.0 Å². The number of anilines is 1. The molecule has 1 rings (SSSR count). The van der Waals surface area contributed by atoms with Crippen LogP contribution in [0.4, 0.5) is 10.1 Å². The molecule has 0 fully saturated rings. The molecule has 0 radical (unpaired) electrons. The molecule has 0 aromatic heterocycles. The highest BCUT2D eigenvalue weighted by Gasteiger charge is 2.08. The summed E-state index contributed by atoms with van der Waals surface area (Å²) in [5, 5.41) is 0. The molecule has 0 aliphatic carbocycles. The highest BCUT2D eigenvalue weighted by atomic mass is 19.1. The molecule has 2 nitrogen and oxygen atoms in total. The smallest absolute Gasteiger partial charge is 0.123 e. The van der Waals surface area contributed by atoms with Crippen LogP contribution in [-0.2, 0) is 0 Å². The lowest BCUT2D eigenvalue weighted by Gasteiger charge is -2.23. The number of benzene rings is 1. The van der Waals surface area contributed by atoms with E-state index in [1.54, 1.807) is 0 Å². The van der Waals surface area contributed by atoms with Gasteiger partial charge in [-0.3, -0.25) is 0 Å². The van der Waals surface area contributed by atoms with Gasteiger partial charge >= 0.3 is 0 Å². The van der Waals surface area contributed by atoms with E-state index in [4.69, 9.17) is 5.73 Å². The van der Waals surface area contributed by atoms with Crippen LogP contribution in [0.3, 0.4) is 0 Å². The first-order valence-electron chi connectivity index (χ1n) is 6.71. The van der Waals surface area contributed by atoms with Gasteiger partial charge in [0.05, 0.1) is 0 Å². The van der Waals surface area contributed by atoms with E-state index >= 15 is 0 Å². The monoisotopic (exact) mass is 252 g/mol. The van der Waals surface area contributed by atoms with E-state index < -0.39 is 0 Å². The summed E-state index contributed by atoms with van der Waals surface area (Å²) in [6, 6.07) is 6.96. The zero-order chi connectivity index (χ0) is 13.5. The molecular weight excluding hydrogens is 227 g/mol. The lowest BCUT2D eigenvalue weighted by atomic mass is 10.0. The minimum absolute atomic E-state index is 0.183. The van der Waals surface area contributed by atoms with Gasteiger partial charge in [-0.2, -0.15) is 0 Å². The van der Waals surface area contributed by atoms with E-state index in [-0.39, 0.29) is 5.82 Å². The van der Waals surface area contributed by atoms with Crippen LogP contribution in [0.1, 0.15) is 33.1 Å². The largest absolute Gasteiger partial charge is 0.374 e. The van der Waals surface area contributed by atoms with Crippen molar-refractivity contribution in [1.82, 2.24) is 0 Å². The first-order valence-corrected chi connectivity index (χ1v) is 6.71. The Morgan fingerprint density at radius 3 is 2.33 bits per heavy atom. The minimum Gasteiger partial charge on any atom is -0.374 e. The van der Waals surface area contributed by atoms with Gasteiger partial charge in [0.25, 0.3) is 0 Å². The fourth-order valence-corrected chi connectivity index (χ4v) is 2.15. The number of rotatable bonds is 7. The normalized spacial score (nSPS) is 14.3. The van der Waals surface area contributed by atoms with Crippen LogP contribution in [0.2, 0.25) is 0 Å². The Labute approximate surface area is 110 Å². The number of nitrogens with two attached hydrogens (primary N) is 1. The van der Waals surface area contributed by atoms with E-state index in [2.05, 4.69) is 25.8 Å². The topological polar surface area (TPSA) is 29.3 Å². The molecule has 0 spiro atoms. The Balaban J connectivity index is 2.34. The Morgan fingerprint density at radius 1 is 1.17 bits per heavy atom. The van der Waals surface area contributed by atoms with Crippen LogP contribution >= 0.6 is 0 Å². The van der Waals surface area contributed by atoms with E-state index in [9.17, 15) is 4.39 Å². The Morgan fingerprint density at radius 2 is 1.78 bits per heavy atom. The van der Waals surface area contributed by atoms with Gasteiger partial charge in [-0.25, -0.2) is 4.39 Å². The van der Waals surface area contributed by atoms with Gasteiger partial charge in [0.2, 0.25) is 0 Å². The first-order chi connectivity index (χ1) is 8.49. The van der Waals surface area contributed by atoms with Crippen LogP contribution in [0.15, 0.2) is 24.3 Å². The fraction of sp³-hybridized carbons (Fsp3) is 0.600. The molecule has 18 heavy (non-hydrogen) atoms.